The van der Waals surface area contributed by atoms with Gasteiger partial charge < -0.3 is 9.67 Å². The van der Waals surface area contributed by atoms with Crippen LogP contribution in [0.25, 0.3) is 5.65 Å². The summed E-state index contributed by atoms with van der Waals surface area (Å²) in [6.45, 7) is 3.70. The molecule has 0 aliphatic heterocycles. The van der Waals surface area contributed by atoms with Gasteiger partial charge in [0, 0.05) is 30.0 Å². The molecule has 0 amide bonds. The Bertz CT molecular complexity index is 989. The number of nitro benzene ring substituents is 1. The van der Waals surface area contributed by atoms with Gasteiger partial charge in [-0.1, -0.05) is 12.1 Å². The Labute approximate surface area is 136 Å². The van der Waals surface area contributed by atoms with E-state index in [1.807, 2.05) is 0 Å². The van der Waals surface area contributed by atoms with Crippen LogP contribution < -0.4 is 5.56 Å². The number of rotatable bonds is 4. The molecule has 0 saturated heterocycles. The monoisotopic (exact) mass is 328 g/mol. The maximum atomic E-state index is 12.0. The number of non-ortho nitro benzene ring substituents is 1. The molecule has 0 aliphatic rings. The maximum absolute atomic E-state index is 12.0. The van der Waals surface area contributed by atoms with E-state index in [0.717, 1.165) is 0 Å². The van der Waals surface area contributed by atoms with Crippen molar-refractivity contribution in [1.29, 1.82) is 0 Å². The van der Waals surface area contributed by atoms with E-state index in [1.165, 1.54) is 28.8 Å². The Morgan fingerprint density at radius 2 is 2.04 bits per heavy atom. The zero-order valence-corrected chi connectivity index (χ0v) is 13.2. The Morgan fingerprint density at radius 1 is 1.29 bits per heavy atom. The van der Waals surface area contributed by atoms with Gasteiger partial charge in [-0.25, -0.2) is 0 Å². The van der Waals surface area contributed by atoms with Crippen molar-refractivity contribution in [3.8, 4) is 0 Å². The van der Waals surface area contributed by atoms with Crippen molar-refractivity contribution in [3.63, 3.8) is 0 Å². The third-order valence-electron chi connectivity index (χ3n) is 3.88. The molecule has 1 atom stereocenters. The lowest BCUT2D eigenvalue weighted by Gasteiger charge is -2.17. The number of aliphatic hydroxyl groups excluding tert-OH is 1. The molecule has 8 heteroatoms. The van der Waals surface area contributed by atoms with E-state index in [9.17, 15) is 20.0 Å². The number of hydrogen-bond donors (Lipinski definition) is 1. The molecule has 2 aromatic heterocycles. The smallest absolute Gasteiger partial charge is 0.274 e. The minimum atomic E-state index is -0.954. The lowest BCUT2D eigenvalue weighted by molar-refractivity contribution is -0.385. The highest BCUT2D eigenvalue weighted by atomic mass is 16.6. The van der Waals surface area contributed by atoms with Gasteiger partial charge in [0.15, 0.2) is 0 Å². The molecule has 0 aliphatic carbocycles. The molecule has 24 heavy (non-hydrogen) atoms. The van der Waals surface area contributed by atoms with E-state index < -0.39 is 11.0 Å². The summed E-state index contributed by atoms with van der Waals surface area (Å²) in [5.74, 6) is 0. The highest BCUT2D eigenvalue weighted by Crippen LogP contribution is 2.22. The van der Waals surface area contributed by atoms with Crippen LogP contribution >= 0.6 is 0 Å². The molecular weight excluding hydrogens is 312 g/mol. The van der Waals surface area contributed by atoms with Gasteiger partial charge in [-0.3, -0.25) is 14.9 Å². The molecule has 3 aromatic rings. The van der Waals surface area contributed by atoms with Gasteiger partial charge in [0.25, 0.3) is 11.2 Å². The van der Waals surface area contributed by atoms with Crippen molar-refractivity contribution in [1.82, 2.24) is 14.2 Å². The summed E-state index contributed by atoms with van der Waals surface area (Å²) in [6.07, 6.45) is -0.954. The Hall–Kier alpha value is -3.00. The predicted octanol–water partition coefficient (Wildman–Crippen LogP) is 1.75. The number of nitrogens with zero attached hydrogens (tertiary/aromatic N) is 4. The fourth-order valence-corrected chi connectivity index (χ4v) is 2.70. The van der Waals surface area contributed by atoms with Crippen molar-refractivity contribution in [2.75, 3.05) is 0 Å². The molecule has 1 aromatic carbocycles. The number of fused-ring (bicyclic) bond motifs is 1. The van der Waals surface area contributed by atoms with E-state index in [2.05, 4.69) is 5.10 Å². The van der Waals surface area contributed by atoms with E-state index >= 15 is 0 Å². The average Bonchev–Trinajstić information content (AvgIpc) is 2.93. The van der Waals surface area contributed by atoms with Gasteiger partial charge >= 0.3 is 0 Å². The van der Waals surface area contributed by atoms with Crippen LogP contribution in [0.4, 0.5) is 5.69 Å². The third kappa shape index (κ3) is 2.79. The molecule has 0 bridgehead atoms. The standard InChI is InChI=1S/C16H16N4O4/c1-10-6-15-18(11(2)7-16(22)19(15)17-10)9-14(21)12-4-3-5-13(8-12)20(23)24/h3-8,14,21H,9H2,1-2H3/t14-/m1/s1. The van der Waals surface area contributed by atoms with Crippen LogP contribution in [0.2, 0.25) is 0 Å². The summed E-state index contributed by atoms with van der Waals surface area (Å²) in [6, 6.07) is 9.09. The van der Waals surface area contributed by atoms with Gasteiger partial charge in [-0.2, -0.15) is 9.61 Å². The summed E-state index contributed by atoms with van der Waals surface area (Å²) in [5, 5.41) is 25.5. The van der Waals surface area contributed by atoms with Crippen molar-refractivity contribution in [2.24, 2.45) is 0 Å². The second-order valence-corrected chi connectivity index (χ2v) is 5.66. The number of aliphatic hydroxyl groups is 1. The molecule has 1 N–H and O–H groups in total. The molecular formula is C16H16N4O4. The van der Waals surface area contributed by atoms with Gasteiger partial charge in [0.2, 0.25) is 0 Å². The minimum absolute atomic E-state index is 0.0754. The molecule has 0 saturated carbocycles. The highest BCUT2D eigenvalue weighted by molar-refractivity contribution is 5.42. The SMILES string of the molecule is Cc1cc2n(C[C@@H](O)c3cccc([N+](=O)[O-])c3)c(C)cc(=O)n2n1. The van der Waals surface area contributed by atoms with Crippen molar-refractivity contribution in [2.45, 2.75) is 26.5 Å². The topological polar surface area (TPSA) is 103 Å². The maximum Gasteiger partial charge on any atom is 0.274 e. The first-order valence-electron chi connectivity index (χ1n) is 7.36. The zero-order chi connectivity index (χ0) is 17.4. The summed E-state index contributed by atoms with van der Waals surface area (Å²) >= 11 is 0. The summed E-state index contributed by atoms with van der Waals surface area (Å²) < 4.78 is 3.05. The van der Waals surface area contributed by atoms with Crippen LogP contribution in [-0.4, -0.2) is 24.2 Å². The first-order valence-corrected chi connectivity index (χ1v) is 7.36. The summed E-state index contributed by atoms with van der Waals surface area (Å²) in [7, 11) is 0. The van der Waals surface area contributed by atoms with Crippen LogP contribution in [-0.2, 0) is 6.54 Å². The molecule has 0 radical (unpaired) electrons. The minimum Gasteiger partial charge on any atom is -0.387 e. The summed E-state index contributed by atoms with van der Waals surface area (Å²) in [4.78, 5) is 22.4. The highest BCUT2D eigenvalue weighted by Gasteiger charge is 2.16. The first kappa shape index (κ1) is 15.9. The van der Waals surface area contributed by atoms with Crippen molar-refractivity contribution in [3.05, 3.63) is 73.8 Å². The molecule has 0 fully saturated rings. The number of hydrogen-bond acceptors (Lipinski definition) is 5. The number of aryl methyl sites for hydroxylation is 2. The van der Waals surface area contributed by atoms with E-state index in [1.54, 1.807) is 30.5 Å². The predicted molar refractivity (Wildman–Crippen MR) is 87.0 cm³/mol. The number of aromatic nitrogens is 3. The largest absolute Gasteiger partial charge is 0.387 e. The lowest BCUT2D eigenvalue weighted by Crippen LogP contribution is -2.21. The fourth-order valence-electron chi connectivity index (χ4n) is 2.70. The average molecular weight is 328 g/mol. The lowest BCUT2D eigenvalue weighted by atomic mass is 10.1. The van der Waals surface area contributed by atoms with Crippen LogP contribution in [0.3, 0.4) is 0 Å². The van der Waals surface area contributed by atoms with Crippen LogP contribution in [0, 0.1) is 24.0 Å². The fraction of sp³-hybridized carbons (Fsp3) is 0.250. The van der Waals surface area contributed by atoms with E-state index in [-0.39, 0.29) is 17.8 Å². The van der Waals surface area contributed by atoms with E-state index in [0.29, 0.717) is 22.6 Å². The number of nitro groups is 1. The second-order valence-electron chi connectivity index (χ2n) is 5.66. The van der Waals surface area contributed by atoms with Crippen LogP contribution in [0.1, 0.15) is 23.1 Å². The van der Waals surface area contributed by atoms with Gasteiger partial charge in [-0.15, -0.1) is 0 Å². The van der Waals surface area contributed by atoms with Gasteiger partial charge in [0.05, 0.1) is 23.3 Å². The van der Waals surface area contributed by atoms with Crippen molar-refractivity contribution >= 4 is 11.3 Å². The molecule has 0 unspecified atom stereocenters. The molecule has 0 spiro atoms. The zero-order valence-electron chi connectivity index (χ0n) is 13.2. The normalized spacial score (nSPS) is 12.5. The molecule has 3 rings (SSSR count). The molecule has 2 heterocycles. The summed E-state index contributed by atoms with van der Waals surface area (Å²) in [5.41, 5.74) is 2.07. The second kappa shape index (κ2) is 5.89. The van der Waals surface area contributed by atoms with Gasteiger partial charge in [-0.05, 0) is 19.4 Å². The van der Waals surface area contributed by atoms with Crippen molar-refractivity contribution < 1.29 is 10.0 Å². The van der Waals surface area contributed by atoms with Crippen LogP contribution in [0.15, 0.2) is 41.2 Å². The van der Waals surface area contributed by atoms with E-state index in [4.69, 9.17) is 0 Å². The Kier molecular flexibility index (Phi) is 3.90. The Morgan fingerprint density at radius 3 is 2.75 bits per heavy atom. The molecule has 8 nitrogen and oxygen atoms in total. The Balaban J connectivity index is 2.02. The molecule has 124 valence electrons. The quantitative estimate of drug-likeness (QED) is 0.580. The third-order valence-corrected chi connectivity index (χ3v) is 3.88. The van der Waals surface area contributed by atoms with Crippen LogP contribution in [0.5, 0.6) is 0 Å². The van der Waals surface area contributed by atoms with Gasteiger partial charge in [0.1, 0.15) is 5.65 Å². The number of benzene rings is 1. The first-order chi connectivity index (χ1) is 11.4.